The number of fused-ring (bicyclic) bond motifs is 1. The topological polar surface area (TPSA) is 42.6 Å². The van der Waals surface area contributed by atoms with Crippen LogP contribution in [-0.2, 0) is 6.54 Å². The number of piperazine rings is 1. The summed E-state index contributed by atoms with van der Waals surface area (Å²) in [5.41, 5.74) is 3.27. The summed E-state index contributed by atoms with van der Waals surface area (Å²) < 4.78 is 0. The van der Waals surface area contributed by atoms with Gasteiger partial charge in [0, 0.05) is 74.5 Å². The fourth-order valence-corrected chi connectivity index (χ4v) is 5.19. The molecule has 1 amide bonds. The zero-order chi connectivity index (χ0) is 19.6. The van der Waals surface area contributed by atoms with Crippen molar-refractivity contribution in [2.75, 3.05) is 39.3 Å². The molecular weight excluding hydrogens is 360 g/mol. The third kappa shape index (κ3) is 4.08. The van der Waals surface area contributed by atoms with Crippen LogP contribution in [0.4, 0.5) is 0 Å². The van der Waals surface area contributed by atoms with E-state index >= 15 is 0 Å². The highest BCUT2D eigenvalue weighted by atomic mass is 16.2. The van der Waals surface area contributed by atoms with Crippen LogP contribution in [0.5, 0.6) is 0 Å². The van der Waals surface area contributed by atoms with Crippen molar-refractivity contribution < 1.29 is 4.79 Å². The lowest BCUT2D eigenvalue weighted by Gasteiger charge is -2.43. The molecule has 3 aliphatic rings. The highest BCUT2D eigenvalue weighted by Gasteiger charge is 2.28. The average Bonchev–Trinajstić information content (AvgIpc) is 2.91. The van der Waals surface area contributed by atoms with E-state index in [2.05, 4.69) is 33.1 Å². The van der Waals surface area contributed by atoms with Gasteiger partial charge < -0.3 is 9.88 Å². The first kappa shape index (κ1) is 19.1. The molecule has 0 bridgehead atoms. The Morgan fingerprint density at radius 1 is 0.931 bits per heavy atom. The van der Waals surface area contributed by atoms with Gasteiger partial charge in [-0.2, -0.15) is 0 Å². The van der Waals surface area contributed by atoms with Gasteiger partial charge in [-0.15, -0.1) is 0 Å². The van der Waals surface area contributed by atoms with E-state index in [1.807, 2.05) is 11.0 Å². The number of H-pyrrole nitrogens is 1. The number of likely N-dealkylation sites (tertiary alicyclic amines) is 1. The van der Waals surface area contributed by atoms with Gasteiger partial charge in [-0.1, -0.05) is 25.3 Å². The minimum Gasteiger partial charge on any atom is -0.361 e. The SMILES string of the molecule is O=C(c1ccc2c(CN3CCN(C4CCC4)CC3)c[nH]c2c1)N1CCCCCC1. The predicted octanol–water partition coefficient (Wildman–Crippen LogP) is 3.85. The van der Waals surface area contributed by atoms with Crippen LogP contribution in [0, 0.1) is 0 Å². The molecule has 156 valence electrons. The molecule has 3 fully saturated rings. The maximum absolute atomic E-state index is 12.9. The largest absolute Gasteiger partial charge is 0.361 e. The number of carbonyl (C=O) groups excluding carboxylic acids is 1. The molecule has 1 aromatic heterocycles. The Labute approximate surface area is 174 Å². The van der Waals surface area contributed by atoms with Crippen LogP contribution in [0.25, 0.3) is 10.9 Å². The monoisotopic (exact) mass is 394 g/mol. The van der Waals surface area contributed by atoms with Gasteiger partial charge in [-0.3, -0.25) is 14.6 Å². The van der Waals surface area contributed by atoms with E-state index < -0.39 is 0 Å². The van der Waals surface area contributed by atoms with E-state index in [9.17, 15) is 4.79 Å². The molecule has 2 saturated heterocycles. The van der Waals surface area contributed by atoms with E-state index in [0.717, 1.165) is 62.7 Å². The highest BCUT2D eigenvalue weighted by Crippen LogP contribution is 2.27. The van der Waals surface area contributed by atoms with Crippen molar-refractivity contribution in [1.29, 1.82) is 0 Å². The summed E-state index contributed by atoms with van der Waals surface area (Å²) in [6, 6.07) is 7.10. The fourth-order valence-electron chi connectivity index (χ4n) is 5.19. The molecule has 2 aromatic rings. The quantitative estimate of drug-likeness (QED) is 0.856. The number of benzene rings is 1. The van der Waals surface area contributed by atoms with Crippen LogP contribution < -0.4 is 0 Å². The van der Waals surface area contributed by atoms with E-state index in [0.29, 0.717) is 0 Å². The normalized spacial score (nSPS) is 22.6. The van der Waals surface area contributed by atoms with Crippen LogP contribution in [0.2, 0.25) is 0 Å². The summed E-state index contributed by atoms with van der Waals surface area (Å²) in [6.45, 7) is 7.55. The first-order valence-corrected chi connectivity index (χ1v) is 11.6. The molecule has 1 aliphatic carbocycles. The molecule has 1 N–H and O–H groups in total. The van der Waals surface area contributed by atoms with Gasteiger partial charge in [0.15, 0.2) is 0 Å². The number of amides is 1. The zero-order valence-corrected chi connectivity index (χ0v) is 17.5. The second kappa shape index (κ2) is 8.49. The molecule has 0 atom stereocenters. The number of aromatic nitrogens is 1. The van der Waals surface area contributed by atoms with Crippen molar-refractivity contribution in [1.82, 2.24) is 19.7 Å². The molecule has 3 heterocycles. The van der Waals surface area contributed by atoms with Crippen molar-refractivity contribution in [2.24, 2.45) is 0 Å². The standard InChI is InChI=1S/C24H34N4O/c29-24(28-10-3-1-2-4-11-28)19-8-9-22-20(17-25-23(22)16-19)18-26-12-14-27(15-13-26)21-6-5-7-21/h8-9,16-17,21,25H,1-7,10-15,18H2. The predicted molar refractivity (Wildman–Crippen MR) is 117 cm³/mol. The lowest BCUT2D eigenvalue weighted by molar-refractivity contribution is 0.0589. The number of nitrogens with zero attached hydrogens (tertiary/aromatic N) is 3. The summed E-state index contributed by atoms with van der Waals surface area (Å²) in [6.07, 6.45) is 11.1. The average molecular weight is 395 g/mol. The summed E-state index contributed by atoms with van der Waals surface area (Å²) in [7, 11) is 0. The Bertz CT molecular complexity index is 840. The van der Waals surface area contributed by atoms with Gasteiger partial charge in [0.05, 0.1) is 0 Å². The molecule has 1 saturated carbocycles. The summed E-state index contributed by atoms with van der Waals surface area (Å²) in [4.78, 5) is 23.7. The zero-order valence-electron chi connectivity index (χ0n) is 17.5. The van der Waals surface area contributed by atoms with Crippen LogP contribution in [0.3, 0.4) is 0 Å². The third-order valence-electron chi connectivity index (χ3n) is 7.30. The number of aromatic amines is 1. The molecule has 1 aromatic carbocycles. The summed E-state index contributed by atoms with van der Waals surface area (Å²) in [5, 5.41) is 1.26. The number of rotatable bonds is 4. The van der Waals surface area contributed by atoms with E-state index in [4.69, 9.17) is 0 Å². The maximum Gasteiger partial charge on any atom is 0.253 e. The van der Waals surface area contributed by atoms with Crippen LogP contribution in [0.15, 0.2) is 24.4 Å². The summed E-state index contributed by atoms with van der Waals surface area (Å²) in [5.74, 6) is 0.192. The minimum atomic E-state index is 0.192. The van der Waals surface area contributed by atoms with Crippen LogP contribution >= 0.6 is 0 Å². The Hall–Kier alpha value is -1.85. The first-order valence-electron chi connectivity index (χ1n) is 11.6. The number of hydrogen-bond donors (Lipinski definition) is 1. The Morgan fingerprint density at radius 2 is 1.69 bits per heavy atom. The van der Waals surface area contributed by atoms with Gasteiger partial charge >= 0.3 is 0 Å². The van der Waals surface area contributed by atoms with E-state index in [1.165, 1.54) is 56.1 Å². The molecule has 5 rings (SSSR count). The van der Waals surface area contributed by atoms with Crippen molar-refractivity contribution in [3.63, 3.8) is 0 Å². The Kier molecular flexibility index (Phi) is 5.60. The highest BCUT2D eigenvalue weighted by molar-refractivity contribution is 5.98. The van der Waals surface area contributed by atoms with E-state index in [1.54, 1.807) is 0 Å². The third-order valence-corrected chi connectivity index (χ3v) is 7.30. The second-order valence-electron chi connectivity index (χ2n) is 9.18. The van der Waals surface area contributed by atoms with Crippen LogP contribution in [-0.4, -0.2) is 70.9 Å². The van der Waals surface area contributed by atoms with Gasteiger partial charge in [0.25, 0.3) is 5.91 Å². The lowest BCUT2D eigenvalue weighted by atomic mass is 9.91. The smallest absolute Gasteiger partial charge is 0.253 e. The van der Waals surface area contributed by atoms with Crippen molar-refractivity contribution in [3.05, 3.63) is 35.5 Å². The van der Waals surface area contributed by atoms with Crippen molar-refractivity contribution in [3.8, 4) is 0 Å². The van der Waals surface area contributed by atoms with Gasteiger partial charge in [0.2, 0.25) is 0 Å². The number of hydrogen-bond acceptors (Lipinski definition) is 3. The molecule has 5 heteroatoms. The van der Waals surface area contributed by atoms with Gasteiger partial charge in [-0.05, 0) is 43.4 Å². The maximum atomic E-state index is 12.9. The molecule has 5 nitrogen and oxygen atoms in total. The van der Waals surface area contributed by atoms with Gasteiger partial charge in [-0.25, -0.2) is 0 Å². The second-order valence-corrected chi connectivity index (χ2v) is 9.18. The van der Waals surface area contributed by atoms with Crippen molar-refractivity contribution >= 4 is 16.8 Å². The molecule has 2 aliphatic heterocycles. The van der Waals surface area contributed by atoms with Gasteiger partial charge in [0.1, 0.15) is 0 Å². The number of nitrogens with one attached hydrogen (secondary N) is 1. The van der Waals surface area contributed by atoms with E-state index in [-0.39, 0.29) is 5.91 Å². The van der Waals surface area contributed by atoms with Crippen molar-refractivity contribution in [2.45, 2.75) is 57.5 Å². The Balaban J connectivity index is 1.24. The molecule has 0 radical (unpaired) electrons. The number of carbonyl (C=O) groups is 1. The molecule has 0 spiro atoms. The minimum absolute atomic E-state index is 0.192. The first-order chi connectivity index (χ1) is 14.3. The van der Waals surface area contributed by atoms with Crippen LogP contribution in [0.1, 0.15) is 60.9 Å². The Morgan fingerprint density at radius 3 is 2.38 bits per heavy atom. The molecule has 0 unspecified atom stereocenters. The lowest BCUT2D eigenvalue weighted by Crippen LogP contribution is -2.51. The summed E-state index contributed by atoms with van der Waals surface area (Å²) >= 11 is 0. The molecule has 29 heavy (non-hydrogen) atoms. The fraction of sp³-hybridized carbons (Fsp3) is 0.625. The molecular formula is C24H34N4O.